The summed E-state index contributed by atoms with van der Waals surface area (Å²) < 4.78 is 14.5. The highest BCUT2D eigenvalue weighted by Gasteiger charge is 2.32. The van der Waals surface area contributed by atoms with Crippen LogP contribution in [0.1, 0.15) is 13.3 Å². The van der Waals surface area contributed by atoms with Crippen molar-refractivity contribution in [2.24, 2.45) is 5.92 Å². The van der Waals surface area contributed by atoms with Crippen LogP contribution in [0.3, 0.4) is 0 Å². The monoisotopic (exact) mass is 345 g/mol. The molecule has 1 unspecified atom stereocenters. The number of anilines is 1. The maximum atomic E-state index is 13.8. The minimum Gasteiger partial charge on any atom is -0.309 e. The molecular weight excluding hydrogens is 333 g/mol. The van der Waals surface area contributed by atoms with Gasteiger partial charge >= 0.3 is 0 Å². The van der Waals surface area contributed by atoms with Gasteiger partial charge in [0.25, 0.3) is 0 Å². The van der Waals surface area contributed by atoms with Gasteiger partial charge in [-0.1, -0.05) is 27.7 Å². The van der Waals surface area contributed by atoms with E-state index in [1.807, 2.05) is 0 Å². The molecule has 0 saturated carbocycles. The number of carbonyl (C=O) groups is 2. The van der Waals surface area contributed by atoms with Gasteiger partial charge in [0.1, 0.15) is 5.82 Å². The Bertz CT molecular complexity index is 523. The molecule has 1 atom stereocenters. The van der Waals surface area contributed by atoms with Gasteiger partial charge in [-0.25, -0.2) is 4.39 Å². The van der Waals surface area contributed by atoms with Crippen LogP contribution in [-0.2, 0) is 9.59 Å². The zero-order chi connectivity index (χ0) is 14.0. The van der Waals surface area contributed by atoms with E-state index in [9.17, 15) is 14.0 Å². The zero-order valence-corrected chi connectivity index (χ0v) is 12.8. The van der Waals surface area contributed by atoms with E-state index in [0.717, 1.165) is 0 Å². The number of nitrogens with zero attached hydrogens (tertiary/aromatic N) is 1. The van der Waals surface area contributed by atoms with Gasteiger partial charge in [-0.15, -0.1) is 0 Å². The highest BCUT2D eigenvalue weighted by Crippen LogP contribution is 2.30. The summed E-state index contributed by atoms with van der Waals surface area (Å²) >= 11 is 4.40. The van der Waals surface area contributed by atoms with Crippen LogP contribution < -0.4 is 4.90 Å². The normalized spacial score (nSPS) is 19.0. The number of thioether (sulfide) groups is 1. The Morgan fingerprint density at radius 2 is 2.32 bits per heavy atom. The van der Waals surface area contributed by atoms with Crippen molar-refractivity contribution >= 4 is 44.4 Å². The maximum absolute atomic E-state index is 13.8. The third-order valence-corrected chi connectivity index (χ3v) is 4.47. The van der Waals surface area contributed by atoms with Gasteiger partial charge < -0.3 is 4.90 Å². The molecule has 0 aromatic heterocycles. The van der Waals surface area contributed by atoms with E-state index < -0.39 is 5.82 Å². The van der Waals surface area contributed by atoms with Gasteiger partial charge in [0.05, 0.1) is 5.69 Å². The Morgan fingerprint density at radius 1 is 1.58 bits per heavy atom. The zero-order valence-electron chi connectivity index (χ0n) is 10.4. The number of benzene rings is 1. The Labute approximate surface area is 123 Å². The first-order chi connectivity index (χ1) is 8.97. The standard InChI is InChI=1S/C13H13BrFNO2S/c1-8(17)19-7-9-4-13(18)16(6-9)12-3-2-10(14)5-11(12)15/h2-3,5,9H,4,6-7H2,1H3. The van der Waals surface area contributed by atoms with E-state index in [1.54, 1.807) is 12.1 Å². The third-order valence-electron chi connectivity index (χ3n) is 2.93. The van der Waals surface area contributed by atoms with Crippen molar-refractivity contribution in [3.63, 3.8) is 0 Å². The molecule has 0 spiro atoms. The lowest BCUT2D eigenvalue weighted by Gasteiger charge is -2.17. The molecule has 1 saturated heterocycles. The summed E-state index contributed by atoms with van der Waals surface area (Å²) in [5.41, 5.74) is 0.309. The highest BCUT2D eigenvalue weighted by molar-refractivity contribution is 9.10. The molecule has 0 radical (unpaired) electrons. The fraction of sp³-hybridized carbons (Fsp3) is 0.385. The number of halogens is 2. The second kappa shape index (κ2) is 6.05. The summed E-state index contributed by atoms with van der Waals surface area (Å²) in [5, 5.41) is 0.0423. The van der Waals surface area contributed by atoms with Gasteiger partial charge in [-0.05, 0) is 24.1 Å². The van der Waals surface area contributed by atoms with Crippen molar-refractivity contribution in [2.75, 3.05) is 17.2 Å². The molecule has 1 heterocycles. The summed E-state index contributed by atoms with van der Waals surface area (Å²) in [4.78, 5) is 24.3. The Balaban J connectivity index is 2.09. The van der Waals surface area contributed by atoms with E-state index in [0.29, 0.717) is 28.9 Å². The van der Waals surface area contributed by atoms with E-state index in [2.05, 4.69) is 15.9 Å². The quantitative estimate of drug-likeness (QED) is 0.843. The summed E-state index contributed by atoms with van der Waals surface area (Å²) in [5.74, 6) is 0.206. The molecule has 6 heteroatoms. The van der Waals surface area contributed by atoms with Crippen LogP contribution in [0.15, 0.2) is 22.7 Å². The van der Waals surface area contributed by atoms with Gasteiger partial charge in [0, 0.05) is 30.1 Å². The van der Waals surface area contributed by atoms with Crippen LogP contribution in [-0.4, -0.2) is 23.3 Å². The second-order valence-electron chi connectivity index (χ2n) is 4.47. The lowest BCUT2D eigenvalue weighted by Crippen LogP contribution is -2.25. The molecule has 0 N–H and O–H groups in total. The lowest BCUT2D eigenvalue weighted by atomic mass is 10.1. The first-order valence-corrected chi connectivity index (χ1v) is 7.64. The largest absolute Gasteiger partial charge is 0.309 e. The Hall–Kier alpha value is -0.880. The number of hydrogen-bond acceptors (Lipinski definition) is 3. The van der Waals surface area contributed by atoms with E-state index in [-0.39, 0.29) is 16.9 Å². The number of hydrogen-bond donors (Lipinski definition) is 0. The molecule has 2 rings (SSSR count). The van der Waals surface area contributed by atoms with Crippen LogP contribution in [0.4, 0.5) is 10.1 Å². The molecule has 1 amide bonds. The van der Waals surface area contributed by atoms with Crippen molar-refractivity contribution in [2.45, 2.75) is 13.3 Å². The van der Waals surface area contributed by atoms with Gasteiger partial charge in [-0.3, -0.25) is 9.59 Å². The van der Waals surface area contributed by atoms with E-state index in [4.69, 9.17) is 0 Å². The Kier molecular flexibility index (Phi) is 4.62. The van der Waals surface area contributed by atoms with Crippen LogP contribution in [0.5, 0.6) is 0 Å². The smallest absolute Gasteiger partial charge is 0.227 e. The fourth-order valence-corrected chi connectivity index (χ4v) is 3.09. The van der Waals surface area contributed by atoms with Crippen molar-refractivity contribution < 1.29 is 14.0 Å². The Morgan fingerprint density at radius 3 is 2.95 bits per heavy atom. The molecule has 3 nitrogen and oxygen atoms in total. The van der Waals surface area contributed by atoms with Crippen LogP contribution in [0, 0.1) is 11.7 Å². The van der Waals surface area contributed by atoms with Crippen molar-refractivity contribution in [1.82, 2.24) is 0 Å². The maximum Gasteiger partial charge on any atom is 0.227 e. The minimum absolute atomic E-state index is 0.0423. The summed E-state index contributed by atoms with van der Waals surface area (Å²) in [7, 11) is 0. The predicted octanol–water partition coefficient (Wildman–Crippen LogP) is 3.22. The average Bonchev–Trinajstić information content (AvgIpc) is 2.68. The molecule has 0 aliphatic carbocycles. The second-order valence-corrected chi connectivity index (χ2v) is 6.59. The highest BCUT2D eigenvalue weighted by atomic mass is 79.9. The van der Waals surface area contributed by atoms with Crippen LogP contribution in [0.2, 0.25) is 0 Å². The van der Waals surface area contributed by atoms with Gasteiger partial charge in [-0.2, -0.15) is 0 Å². The molecule has 1 aliphatic rings. The van der Waals surface area contributed by atoms with Crippen molar-refractivity contribution in [3.05, 3.63) is 28.5 Å². The third kappa shape index (κ3) is 3.57. The molecule has 1 fully saturated rings. The van der Waals surface area contributed by atoms with E-state index in [1.165, 1.54) is 29.7 Å². The van der Waals surface area contributed by atoms with Crippen LogP contribution >= 0.6 is 27.7 Å². The number of rotatable bonds is 3. The first-order valence-electron chi connectivity index (χ1n) is 5.86. The topological polar surface area (TPSA) is 37.4 Å². The number of carbonyl (C=O) groups excluding carboxylic acids is 2. The average molecular weight is 346 g/mol. The van der Waals surface area contributed by atoms with Crippen LogP contribution in [0.25, 0.3) is 0 Å². The predicted molar refractivity (Wildman–Crippen MR) is 77.7 cm³/mol. The molecule has 19 heavy (non-hydrogen) atoms. The first kappa shape index (κ1) is 14.5. The minimum atomic E-state index is -0.414. The fourth-order valence-electron chi connectivity index (χ4n) is 2.06. The summed E-state index contributed by atoms with van der Waals surface area (Å²) in [6, 6.07) is 4.65. The summed E-state index contributed by atoms with van der Waals surface area (Å²) in [6.07, 6.45) is 0.371. The van der Waals surface area contributed by atoms with Gasteiger partial charge in [0.2, 0.25) is 5.91 Å². The molecule has 1 aromatic carbocycles. The van der Waals surface area contributed by atoms with Gasteiger partial charge in [0.15, 0.2) is 5.12 Å². The SMILES string of the molecule is CC(=O)SCC1CC(=O)N(c2ccc(Br)cc2F)C1. The molecule has 1 aliphatic heterocycles. The molecule has 1 aromatic rings. The molecule has 102 valence electrons. The lowest BCUT2D eigenvalue weighted by molar-refractivity contribution is -0.117. The summed E-state index contributed by atoms with van der Waals surface area (Å²) in [6.45, 7) is 1.98. The number of amides is 1. The van der Waals surface area contributed by atoms with Crippen molar-refractivity contribution in [1.29, 1.82) is 0 Å². The molecule has 0 bridgehead atoms. The van der Waals surface area contributed by atoms with E-state index >= 15 is 0 Å². The van der Waals surface area contributed by atoms with Crippen molar-refractivity contribution in [3.8, 4) is 0 Å². The molecular formula is C13H13BrFNO2S.